The maximum absolute atomic E-state index is 13.8. The van der Waals surface area contributed by atoms with Gasteiger partial charge >= 0.3 is 0 Å². The van der Waals surface area contributed by atoms with Gasteiger partial charge in [-0.15, -0.1) is 0 Å². The second-order valence-corrected chi connectivity index (χ2v) is 9.83. The Kier molecular flexibility index (Phi) is 6.33. The zero-order valence-electron chi connectivity index (χ0n) is 21.8. The van der Waals surface area contributed by atoms with Crippen molar-refractivity contribution in [2.75, 3.05) is 18.6 Å². The molecule has 10 nitrogen and oxygen atoms in total. The second-order valence-electron chi connectivity index (χ2n) is 9.83. The number of benzene rings is 3. The number of nitrogens with zero attached hydrogens (tertiary/aromatic N) is 6. The lowest BCUT2D eigenvalue weighted by Gasteiger charge is -2.25. The summed E-state index contributed by atoms with van der Waals surface area (Å²) in [5.74, 6) is -1.53. The van der Waals surface area contributed by atoms with Crippen molar-refractivity contribution in [1.82, 2.24) is 10.0 Å². The Hall–Kier alpha value is -4.93. The van der Waals surface area contributed by atoms with E-state index in [-0.39, 0.29) is 12.2 Å². The summed E-state index contributed by atoms with van der Waals surface area (Å²) in [6, 6.07) is 18.0. The van der Waals surface area contributed by atoms with E-state index in [0.29, 0.717) is 12.2 Å². The second kappa shape index (κ2) is 9.99. The van der Waals surface area contributed by atoms with Crippen LogP contribution in [0.4, 0.5) is 10.1 Å². The third kappa shape index (κ3) is 4.39. The van der Waals surface area contributed by atoms with Crippen LogP contribution in [0.1, 0.15) is 29.2 Å². The summed E-state index contributed by atoms with van der Waals surface area (Å²) in [6.45, 7) is 1.68. The fraction of sp³-hybridized carbons (Fsp3) is 0.241. The monoisotopic (exact) mass is 540 g/mol. The number of carbonyl (C=O) groups is 3. The number of halogens is 1. The van der Waals surface area contributed by atoms with Gasteiger partial charge in [0.05, 0.1) is 24.6 Å². The van der Waals surface area contributed by atoms with Crippen LogP contribution in [-0.2, 0) is 14.4 Å². The Labute approximate surface area is 229 Å². The Balaban J connectivity index is 1.26. The molecule has 3 aromatic carbocycles. The molecule has 3 atom stereocenters. The number of methoxy groups -OCH3 is 1. The molecule has 3 amide bonds. The quantitative estimate of drug-likeness (QED) is 0.442. The van der Waals surface area contributed by atoms with Crippen molar-refractivity contribution in [1.29, 1.82) is 0 Å². The molecule has 3 aliphatic heterocycles. The van der Waals surface area contributed by atoms with Gasteiger partial charge in [0.1, 0.15) is 18.1 Å². The topological polar surface area (TPSA) is 107 Å². The molecule has 40 heavy (non-hydrogen) atoms. The van der Waals surface area contributed by atoms with Crippen LogP contribution in [0.2, 0.25) is 0 Å². The standard InChI is InChI=1S/C29H25FN6O4/c1-17-6-8-18(9-7-17)23-15-24(19-10-12-22(40-2)13-11-19)36(32-23)25(37)16-34-27-26(31-33-34)28(38)35(29(27)39)21-5-3-4-20(30)14-21/h3-14,24,26-27H,15-16H2,1-2H3/t24-,26+,27+/m0/s1. The van der Waals surface area contributed by atoms with Crippen LogP contribution in [-0.4, -0.2) is 59.2 Å². The van der Waals surface area contributed by atoms with E-state index in [1.165, 1.54) is 28.2 Å². The largest absolute Gasteiger partial charge is 0.497 e. The van der Waals surface area contributed by atoms with Crippen molar-refractivity contribution in [3.05, 3.63) is 95.3 Å². The first-order valence-electron chi connectivity index (χ1n) is 12.8. The van der Waals surface area contributed by atoms with Crippen LogP contribution >= 0.6 is 0 Å². The normalized spacial score (nSPS) is 21.7. The highest BCUT2D eigenvalue weighted by atomic mass is 19.1. The molecule has 3 heterocycles. The molecule has 1 fully saturated rings. The number of fused-ring (bicyclic) bond motifs is 1. The van der Waals surface area contributed by atoms with Crippen LogP contribution in [0.5, 0.6) is 5.75 Å². The molecule has 0 aliphatic carbocycles. The van der Waals surface area contributed by atoms with Crippen molar-refractivity contribution in [3.63, 3.8) is 0 Å². The number of amides is 3. The number of hydrogen-bond donors (Lipinski definition) is 0. The maximum atomic E-state index is 13.8. The molecule has 0 saturated carbocycles. The van der Waals surface area contributed by atoms with E-state index < -0.39 is 41.7 Å². The summed E-state index contributed by atoms with van der Waals surface area (Å²) >= 11 is 0. The van der Waals surface area contributed by atoms with Gasteiger partial charge in [-0.3, -0.25) is 19.4 Å². The van der Waals surface area contributed by atoms with Gasteiger partial charge in [-0.2, -0.15) is 10.2 Å². The molecule has 3 aliphatic rings. The summed E-state index contributed by atoms with van der Waals surface area (Å²) in [5, 5.41) is 15.3. The van der Waals surface area contributed by atoms with Gasteiger partial charge in [-0.25, -0.2) is 14.3 Å². The molecule has 0 spiro atoms. The highest BCUT2D eigenvalue weighted by Crippen LogP contribution is 2.36. The number of anilines is 1. The number of hydrogen-bond acceptors (Lipinski definition) is 8. The molecular weight excluding hydrogens is 515 g/mol. The van der Waals surface area contributed by atoms with Crippen molar-refractivity contribution < 1.29 is 23.5 Å². The lowest BCUT2D eigenvalue weighted by atomic mass is 9.98. The zero-order chi connectivity index (χ0) is 28.0. The van der Waals surface area contributed by atoms with Crippen LogP contribution < -0.4 is 9.64 Å². The smallest absolute Gasteiger partial charge is 0.264 e. The minimum Gasteiger partial charge on any atom is -0.497 e. The van der Waals surface area contributed by atoms with Gasteiger partial charge in [-0.1, -0.05) is 53.3 Å². The summed E-state index contributed by atoms with van der Waals surface area (Å²) in [5.41, 5.74) is 3.74. The number of hydrazone groups is 1. The average molecular weight is 541 g/mol. The van der Waals surface area contributed by atoms with E-state index in [2.05, 4.69) is 15.4 Å². The van der Waals surface area contributed by atoms with Crippen LogP contribution in [0, 0.1) is 12.7 Å². The van der Waals surface area contributed by atoms with Crippen LogP contribution in [0.25, 0.3) is 0 Å². The summed E-state index contributed by atoms with van der Waals surface area (Å²) < 4.78 is 19.1. The fourth-order valence-corrected chi connectivity index (χ4v) is 5.18. The number of carbonyl (C=O) groups excluding carboxylic acids is 3. The van der Waals surface area contributed by atoms with E-state index in [1.807, 2.05) is 55.5 Å². The Morgan fingerprint density at radius 1 is 1.02 bits per heavy atom. The SMILES string of the molecule is COc1ccc([C@@H]2CC(c3ccc(C)cc3)=NN2C(=O)CN2N=N[C@H]3C(=O)N(c4cccc(F)c4)C(=O)[C@@H]32)cc1. The number of imide groups is 1. The molecule has 0 N–H and O–H groups in total. The Bertz CT molecular complexity index is 1560. The van der Waals surface area contributed by atoms with Gasteiger partial charge in [0.15, 0.2) is 12.1 Å². The average Bonchev–Trinajstić information content (AvgIpc) is 3.64. The summed E-state index contributed by atoms with van der Waals surface area (Å²) in [4.78, 5) is 40.9. The molecule has 0 aromatic heterocycles. The Morgan fingerprint density at radius 2 is 1.77 bits per heavy atom. The molecule has 202 valence electrons. The van der Waals surface area contributed by atoms with E-state index >= 15 is 0 Å². The predicted molar refractivity (Wildman–Crippen MR) is 143 cm³/mol. The third-order valence-corrected chi connectivity index (χ3v) is 7.27. The van der Waals surface area contributed by atoms with E-state index in [1.54, 1.807) is 7.11 Å². The molecule has 0 unspecified atom stereocenters. The van der Waals surface area contributed by atoms with Crippen molar-refractivity contribution in [2.24, 2.45) is 15.4 Å². The van der Waals surface area contributed by atoms with Crippen LogP contribution in [0.15, 0.2) is 88.2 Å². The third-order valence-electron chi connectivity index (χ3n) is 7.27. The number of ether oxygens (including phenoxy) is 1. The highest BCUT2D eigenvalue weighted by Gasteiger charge is 2.55. The van der Waals surface area contributed by atoms with Gasteiger partial charge < -0.3 is 4.74 Å². The van der Waals surface area contributed by atoms with Gasteiger partial charge in [-0.05, 0) is 48.4 Å². The maximum Gasteiger partial charge on any atom is 0.264 e. The lowest BCUT2D eigenvalue weighted by Crippen LogP contribution is -2.44. The zero-order valence-corrected chi connectivity index (χ0v) is 21.8. The van der Waals surface area contributed by atoms with Gasteiger partial charge in [0.2, 0.25) is 0 Å². The van der Waals surface area contributed by atoms with E-state index in [4.69, 9.17) is 4.74 Å². The molecule has 6 rings (SSSR count). The minimum atomic E-state index is -1.11. The Morgan fingerprint density at radius 3 is 2.48 bits per heavy atom. The molecule has 0 radical (unpaired) electrons. The van der Waals surface area contributed by atoms with E-state index in [0.717, 1.165) is 33.4 Å². The molecule has 3 aromatic rings. The first-order chi connectivity index (χ1) is 19.3. The highest BCUT2D eigenvalue weighted by molar-refractivity contribution is 6.25. The lowest BCUT2D eigenvalue weighted by molar-refractivity contribution is -0.135. The van der Waals surface area contributed by atoms with Crippen LogP contribution in [0.3, 0.4) is 0 Å². The summed E-state index contributed by atoms with van der Waals surface area (Å²) in [7, 11) is 1.58. The fourth-order valence-electron chi connectivity index (χ4n) is 5.18. The van der Waals surface area contributed by atoms with E-state index in [9.17, 15) is 18.8 Å². The number of rotatable bonds is 6. The van der Waals surface area contributed by atoms with Crippen molar-refractivity contribution in [2.45, 2.75) is 31.5 Å². The minimum absolute atomic E-state index is 0.109. The van der Waals surface area contributed by atoms with Gasteiger partial charge in [0, 0.05) is 6.42 Å². The summed E-state index contributed by atoms with van der Waals surface area (Å²) in [6.07, 6.45) is 0.486. The molecule has 1 saturated heterocycles. The number of aryl methyl sites for hydroxylation is 1. The predicted octanol–water partition coefficient (Wildman–Crippen LogP) is 3.81. The molecule has 11 heteroatoms. The molecule has 0 bridgehead atoms. The van der Waals surface area contributed by atoms with Gasteiger partial charge in [0.25, 0.3) is 17.7 Å². The first-order valence-corrected chi connectivity index (χ1v) is 12.8. The first kappa shape index (κ1) is 25.4. The molecular formula is C29H25FN6O4. The van der Waals surface area contributed by atoms with Crippen molar-refractivity contribution in [3.8, 4) is 5.75 Å². The van der Waals surface area contributed by atoms with Crippen molar-refractivity contribution >= 4 is 29.1 Å².